The molecule has 0 spiro atoms. The van der Waals surface area contributed by atoms with Crippen LogP contribution in [0.25, 0.3) is 10.2 Å². The zero-order chi connectivity index (χ0) is 11.8. The molecule has 86 valence electrons. The molecule has 0 N–H and O–H groups in total. The first-order chi connectivity index (χ1) is 7.46. The fourth-order valence-electron chi connectivity index (χ4n) is 1.55. The number of halogens is 1. The highest BCUT2D eigenvalue weighted by atomic mass is 35.7. The fraction of sp³-hybridized carbons (Fsp3) is 0.300. The van der Waals surface area contributed by atoms with Gasteiger partial charge < -0.3 is 0 Å². The quantitative estimate of drug-likeness (QED) is 0.809. The molecule has 0 saturated heterocycles. The number of hydrogen-bond acceptors (Lipinski definition) is 4. The molecule has 0 aliphatic carbocycles. The molecule has 16 heavy (non-hydrogen) atoms. The summed E-state index contributed by atoms with van der Waals surface area (Å²) in [5.41, 5.74) is 1.92. The average Bonchev–Trinajstić information content (AvgIpc) is 2.54. The van der Waals surface area contributed by atoms with E-state index in [2.05, 4.69) is 4.98 Å². The Morgan fingerprint density at radius 2 is 2.19 bits per heavy atom. The van der Waals surface area contributed by atoms with Gasteiger partial charge in [-0.2, -0.15) is 0 Å². The van der Waals surface area contributed by atoms with Crippen LogP contribution in [0.5, 0.6) is 0 Å². The van der Waals surface area contributed by atoms with E-state index in [-0.39, 0.29) is 5.75 Å². The Morgan fingerprint density at radius 3 is 2.88 bits per heavy atom. The Labute approximate surface area is 103 Å². The minimum atomic E-state index is -3.43. The Morgan fingerprint density at radius 1 is 1.44 bits per heavy atom. The molecule has 0 bridgehead atoms. The van der Waals surface area contributed by atoms with Crippen molar-refractivity contribution in [3.8, 4) is 0 Å². The van der Waals surface area contributed by atoms with Gasteiger partial charge in [-0.1, -0.05) is 12.1 Å². The van der Waals surface area contributed by atoms with Crippen LogP contribution in [0.15, 0.2) is 18.2 Å². The number of hydrogen-bond donors (Lipinski definition) is 0. The summed E-state index contributed by atoms with van der Waals surface area (Å²) >= 11 is 1.58. The fourth-order valence-corrected chi connectivity index (χ4v) is 3.20. The van der Waals surface area contributed by atoms with E-state index < -0.39 is 9.05 Å². The molecular formula is C10H10ClNO2S2. The van der Waals surface area contributed by atoms with Crippen LogP contribution in [0.4, 0.5) is 0 Å². The minimum Gasteiger partial charge on any atom is -0.242 e. The zero-order valence-corrected chi connectivity index (χ0v) is 11.0. The van der Waals surface area contributed by atoms with Crippen molar-refractivity contribution < 1.29 is 8.42 Å². The molecule has 1 aromatic heterocycles. The number of aryl methyl sites for hydroxylation is 2. The largest absolute Gasteiger partial charge is 0.242 e. The molecule has 0 radical (unpaired) electrons. The first-order valence-electron chi connectivity index (χ1n) is 4.73. The number of thiazole rings is 1. The van der Waals surface area contributed by atoms with Crippen LogP contribution in [0.1, 0.15) is 10.6 Å². The molecule has 0 aliphatic rings. The van der Waals surface area contributed by atoms with Gasteiger partial charge in [-0.25, -0.2) is 13.4 Å². The van der Waals surface area contributed by atoms with Crippen LogP contribution in [0.2, 0.25) is 0 Å². The van der Waals surface area contributed by atoms with Gasteiger partial charge in [0.15, 0.2) is 0 Å². The third kappa shape index (κ3) is 2.72. The summed E-state index contributed by atoms with van der Waals surface area (Å²) in [6, 6.07) is 5.73. The topological polar surface area (TPSA) is 47.0 Å². The van der Waals surface area contributed by atoms with E-state index >= 15 is 0 Å². The Hall–Kier alpha value is -0.650. The molecule has 1 heterocycles. The van der Waals surface area contributed by atoms with Crippen LogP contribution < -0.4 is 0 Å². The number of nitrogens with zero attached hydrogens (tertiary/aromatic N) is 1. The monoisotopic (exact) mass is 275 g/mol. The van der Waals surface area contributed by atoms with Gasteiger partial charge in [-0.15, -0.1) is 11.3 Å². The van der Waals surface area contributed by atoms with E-state index in [0.717, 1.165) is 20.8 Å². The smallest absolute Gasteiger partial charge is 0.232 e. The number of benzene rings is 1. The van der Waals surface area contributed by atoms with Gasteiger partial charge in [0.1, 0.15) is 0 Å². The molecule has 0 saturated carbocycles. The van der Waals surface area contributed by atoms with Gasteiger partial charge in [0.05, 0.1) is 21.0 Å². The van der Waals surface area contributed by atoms with Crippen LogP contribution in [-0.2, 0) is 15.5 Å². The lowest BCUT2D eigenvalue weighted by atomic mass is 10.1. The molecule has 6 heteroatoms. The summed E-state index contributed by atoms with van der Waals surface area (Å²) in [5, 5.41) is 0.983. The van der Waals surface area contributed by atoms with E-state index in [1.807, 2.05) is 25.1 Å². The standard InChI is InChI=1S/C10H10ClNO2S2/c1-7-12-9-4-2-3-8(10(9)15-7)5-6-16(11,13)14/h2-4H,5-6H2,1H3. The number of rotatable bonds is 3. The molecule has 0 aliphatic heterocycles. The number of aromatic nitrogens is 1. The second kappa shape index (κ2) is 4.31. The Balaban J connectivity index is 2.37. The van der Waals surface area contributed by atoms with E-state index in [9.17, 15) is 8.42 Å². The van der Waals surface area contributed by atoms with Crippen LogP contribution in [-0.4, -0.2) is 19.2 Å². The van der Waals surface area contributed by atoms with Crippen molar-refractivity contribution in [2.24, 2.45) is 0 Å². The summed E-state index contributed by atoms with van der Waals surface area (Å²) in [7, 11) is 1.77. The summed E-state index contributed by atoms with van der Waals surface area (Å²) in [4.78, 5) is 4.35. The van der Waals surface area contributed by atoms with Gasteiger partial charge in [0, 0.05) is 10.7 Å². The zero-order valence-electron chi connectivity index (χ0n) is 8.60. The molecule has 0 fully saturated rings. The van der Waals surface area contributed by atoms with Crippen molar-refractivity contribution in [1.82, 2.24) is 4.98 Å². The van der Waals surface area contributed by atoms with Crippen molar-refractivity contribution in [3.05, 3.63) is 28.8 Å². The lowest BCUT2D eigenvalue weighted by Crippen LogP contribution is -2.00. The normalized spacial score (nSPS) is 12.1. The lowest BCUT2D eigenvalue weighted by Gasteiger charge is -1.99. The van der Waals surface area contributed by atoms with Crippen molar-refractivity contribution >= 4 is 41.3 Å². The summed E-state index contributed by atoms with van der Waals surface area (Å²) in [5.74, 6) is -0.0371. The molecule has 0 unspecified atom stereocenters. The molecule has 0 atom stereocenters. The van der Waals surface area contributed by atoms with E-state index in [1.54, 1.807) is 11.3 Å². The second-order valence-corrected chi connectivity index (χ2v) is 7.59. The third-order valence-electron chi connectivity index (χ3n) is 2.22. The SMILES string of the molecule is Cc1nc2cccc(CCS(=O)(=O)Cl)c2s1. The van der Waals surface area contributed by atoms with Gasteiger partial charge >= 0.3 is 0 Å². The van der Waals surface area contributed by atoms with Crippen LogP contribution in [0, 0.1) is 6.92 Å². The molecule has 1 aromatic carbocycles. The molecule has 3 nitrogen and oxygen atoms in total. The second-order valence-electron chi connectivity index (χ2n) is 3.49. The lowest BCUT2D eigenvalue weighted by molar-refractivity contribution is 0.609. The van der Waals surface area contributed by atoms with Crippen molar-refractivity contribution in [2.45, 2.75) is 13.3 Å². The van der Waals surface area contributed by atoms with Gasteiger partial charge in [0.2, 0.25) is 9.05 Å². The maximum atomic E-state index is 10.9. The molecule has 2 aromatic rings. The summed E-state index contributed by atoms with van der Waals surface area (Å²) in [6.45, 7) is 1.94. The average molecular weight is 276 g/mol. The van der Waals surface area contributed by atoms with Crippen molar-refractivity contribution in [3.63, 3.8) is 0 Å². The highest BCUT2D eigenvalue weighted by molar-refractivity contribution is 8.13. The van der Waals surface area contributed by atoms with Gasteiger partial charge in [-0.05, 0) is 25.0 Å². The predicted octanol–water partition coefficient (Wildman–Crippen LogP) is 2.72. The maximum Gasteiger partial charge on any atom is 0.232 e. The van der Waals surface area contributed by atoms with Gasteiger partial charge in [0.25, 0.3) is 0 Å². The van der Waals surface area contributed by atoms with E-state index in [0.29, 0.717) is 6.42 Å². The highest BCUT2D eigenvalue weighted by Gasteiger charge is 2.10. The van der Waals surface area contributed by atoms with Crippen LogP contribution >= 0.6 is 22.0 Å². The molecule has 0 amide bonds. The van der Waals surface area contributed by atoms with Crippen LogP contribution in [0.3, 0.4) is 0 Å². The number of fused-ring (bicyclic) bond motifs is 1. The van der Waals surface area contributed by atoms with E-state index in [4.69, 9.17) is 10.7 Å². The first kappa shape index (κ1) is 11.8. The van der Waals surface area contributed by atoms with Crippen molar-refractivity contribution in [2.75, 3.05) is 5.75 Å². The molecule has 2 rings (SSSR count). The first-order valence-corrected chi connectivity index (χ1v) is 8.02. The summed E-state index contributed by atoms with van der Waals surface area (Å²) < 4.78 is 22.9. The summed E-state index contributed by atoms with van der Waals surface area (Å²) in [6.07, 6.45) is 0.435. The molecular weight excluding hydrogens is 266 g/mol. The van der Waals surface area contributed by atoms with Crippen molar-refractivity contribution in [1.29, 1.82) is 0 Å². The predicted molar refractivity (Wildman–Crippen MR) is 67.7 cm³/mol. The van der Waals surface area contributed by atoms with Gasteiger partial charge in [-0.3, -0.25) is 0 Å². The Bertz CT molecular complexity index is 619. The van der Waals surface area contributed by atoms with E-state index in [1.165, 1.54) is 0 Å². The maximum absolute atomic E-state index is 10.9. The minimum absolute atomic E-state index is 0.0371. The Kier molecular flexibility index (Phi) is 3.19. The third-order valence-corrected chi connectivity index (χ3v) is 4.44. The highest BCUT2D eigenvalue weighted by Crippen LogP contribution is 2.25.